The molecule has 0 saturated heterocycles. The Balaban J connectivity index is 0.000000248. The van der Waals surface area contributed by atoms with E-state index in [1.807, 2.05) is 76.2 Å². The number of fused-ring (bicyclic) bond motifs is 4. The zero-order valence-electron chi connectivity index (χ0n) is 34.8. The number of phosphoric ester groups is 2. The van der Waals surface area contributed by atoms with Gasteiger partial charge in [-0.2, -0.15) is 0 Å². The third kappa shape index (κ3) is 13.2. The van der Waals surface area contributed by atoms with Crippen LogP contribution in [0.2, 0.25) is 0 Å². The second-order valence-corrected chi connectivity index (χ2v) is 19.6. The SMILES string of the molecule is CCCCc1cc(C)cc2c1OP(=O)([O-])Oc1c(CCCC)cc(C)cc1S2.CCCCc1cc(C)cc2c1OP(=O)([O-])Oc1c(CCCC)cc(C)cc1S2.[Ca+2]. The zero-order valence-corrected chi connectivity index (χ0v) is 40.4. The van der Waals surface area contributed by atoms with Crippen molar-refractivity contribution >= 4 is 76.9 Å². The molecule has 13 heteroatoms. The first-order chi connectivity index (χ1) is 26.6. The van der Waals surface area contributed by atoms with Crippen LogP contribution in [-0.4, -0.2) is 37.7 Å². The molecule has 0 amide bonds. The largest absolute Gasteiger partial charge is 2.00 e. The summed E-state index contributed by atoms with van der Waals surface area (Å²) in [5.41, 5.74) is 8.09. The van der Waals surface area contributed by atoms with E-state index >= 15 is 0 Å². The molecule has 57 heavy (non-hydrogen) atoms. The number of hydrogen-bond donors (Lipinski definition) is 0. The van der Waals surface area contributed by atoms with Crippen LogP contribution in [0.4, 0.5) is 0 Å². The summed E-state index contributed by atoms with van der Waals surface area (Å²) in [6.07, 6.45) is 11.2. The molecule has 0 fully saturated rings. The van der Waals surface area contributed by atoms with Crippen molar-refractivity contribution in [2.75, 3.05) is 0 Å². The van der Waals surface area contributed by atoms with Gasteiger partial charge in [0, 0.05) is 0 Å². The minimum absolute atomic E-state index is 0. The van der Waals surface area contributed by atoms with E-state index < -0.39 is 15.6 Å². The predicted octanol–water partition coefficient (Wildman–Crippen LogP) is 12.4. The van der Waals surface area contributed by atoms with Crippen molar-refractivity contribution < 1.29 is 37.0 Å². The third-order valence-corrected chi connectivity index (χ3v) is 13.3. The molecule has 6 rings (SSSR count). The summed E-state index contributed by atoms with van der Waals surface area (Å²) in [6, 6.07) is 16.1. The Bertz CT molecular complexity index is 1840. The Morgan fingerprint density at radius 1 is 0.439 bits per heavy atom. The zero-order chi connectivity index (χ0) is 40.6. The number of benzene rings is 4. The quantitative estimate of drug-likeness (QED) is 0.101. The first-order valence-electron chi connectivity index (χ1n) is 20.0. The molecule has 0 bridgehead atoms. The van der Waals surface area contributed by atoms with E-state index in [1.54, 1.807) is 0 Å². The Morgan fingerprint density at radius 3 is 0.842 bits per heavy atom. The summed E-state index contributed by atoms with van der Waals surface area (Å²) in [5.74, 6) is 1.68. The van der Waals surface area contributed by atoms with Crippen LogP contribution in [0.25, 0.3) is 0 Å². The number of rotatable bonds is 12. The summed E-state index contributed by atoms with van der Waals surface area (Å²) in [5, 5.41) is 0. The van der Waals surface area contributed by atoms with Crippen molar-refractivity contribution in [1.29, 1.82) is 0 Å². The molecule has 4 aromatic rings. The van der Waals surface area contributed by atoms with Crippen molar-refractivity contribution in [1.82, 2.24) is 0 Å². The first-order valence-corrected chi connectivity index (χ1v) is 24.5. The van der Waals surface area contributed by atoms with Crippen LogP contribution in [0.1, 0.15) is 124 Å². The van der Waals surface area contributed by atoms with Gasteiger partial charge in [0.25, 0.3) is 0 Å². The molecule has 2 aliphatic heterocycles. The molecule has 0 unspecified atom stereocenters. The molecule has 2 aliphatic rings. The van der Waals surface area contributed by atoms with E-state index in [-0.39, 0.29) is 37.7 Å². The second-order valence-electron chi connectivity index (χ2n) is 14.9. The van der Waals surface area contributed by atoms with Gasteiger partial charge in [-0.1, -0.05) is 101 Å². The van der Waals surface area contributed by atoms with Gasteiger partial charge in [-0.3, -0.25) is 0 Å². The minimum atomic E-state index is -4.53. The van der Waals surface area contributed by atoms with E-state index in [1.165, 1.54) is 23.5 Å². The van der Waals surface area contributed by atoms with Crippen LogP contribution in [0.15, 0.2) is 68.1 Å². The maximum atomic E-state index is 12.7. The summed E-state index contributed by atoms with van der Waals surface area (Å²) >= 11 is 3.06. The van der Waals surface area contributed by atoms with Gasteiger partial charge < -0.3 is 27.9 Å². The second kappa shape index (κ2) is 21.8. The monoisotopic (exact) mass is 878 g/mol. The standard InChI is InChI=1S/2C22H29O4PS.Ca/c2*1-5-7-9-17-11-15(3)13-19-21(17)25-27(23,24)26-22-18(10-8-6-2)12-16(4)14-20(22)28-19;/h2*11-14H,5-10H2,1-4H3,(H,23,24);/q;;+2/p-2. The average Bonchev–Trinajstić information content (AvgIpc) is 3.11. The van der Waals surface area contributed by atoms with Gasteiger partial charge in [0.2, 0.25) is 0 Å². The molecule has 4 aromatic carbocycles. The summed E-state index contributed by atoms with van der Waals surface area (Å²) in [6.45, 7) is 16.6. The number of phosphoric acid groups is 2. The van der Waals surface area contributed by atoms with Crippen molar-refractivity contribution in [3.8, 4) is 23.0 Å². The van der Waals surface area contributed by atoms with Crippen LogP contribution in [-0.2, 0) is 34.8 Å². The average molecular weight is 879 g/mol. The predicted molar refractivity (Wildman–Crippen MR) is 231 cm³/mol. The van der Waals surface area contributed by atoms with Crippen molar-refractivity contribution in [3.63, 3.8) is 0 Å². The molecular formula is C44H56CaO8P2S2. The number of aryl methyl sites for hydroxylation is 8. The Kier molecular flexibility index (Phi) is 18.4. The summed E-state index contributed by atoms with van der Waals surface area (Å²) in [7, 11) is -9.07. The van der Waals surface area contributed by atoms with Crippen LogP contribution in [0.5, 0.6) is 23.0 Å². The molecule has 2 heterocycles. The van der Waals surface area contributed by atoms with Gasteiger partial charge in [-0.05, 0) is 148 Å². The molecule has 0 aromatic heterocycles. The maximum Gasteiger partial charge on any atom is 2.00 e. The van der Waals surface area contributed by atoms with E-state index in [0.717, 1.165) is 141 Å². The normalized spacial score (nSPS) is 14.6. The fourth-order valence-corrected chi connectivity index (χ4v) is 11.5. The summed E-state index contributed by atoms with van der Waals surface area (Å²) < 4.78 is 47.5. The van der Waals surface area contributed by atoms with E-state index in [4.69, 9.17) is 18.1 Å². The first kappa shape index (κ1) is 48.1. The van der Waals surface area contributed by atoms with Crippen LogP contribution in [0.3, 0.4) is 0 Å². The molecule has 0 atom stereocenters. The molecule has 0 spiro atoms. The molecular weight excluding hydrogens is 823 g/mol. The van der Waals surface area contributed by atoms with Crippen molar-refractivity contribution in [2.45, 2.75) is 152 Å². The third-order valence-electron chi connectivity index (χ3n) is 9.56. The fourth-order valence-electron chi connectivity index (χ4n) is 6.90. The maximum absolute atomic E-state index is 12.7. The summed E-state index contributed by atoms with van der Waals surface area (Å²) in [4.78, 5) is 28.8. The van der Waals surface area contributed by atoms with E-state index in [2.05, 4.69) is 27.7 Å². The van der Waals surface area contributed by atoms with Gasteiger partial charge in [-0.25, -0.2) is 9.13 Å². The van der Waals surface area contributed by atoms with Gasteiger partial charge in [0.15, 0.2) is 0 Å². The van der Waals surface area contributed by atoms with Gasteiger partial charge in [-0.15, -0.1) is 0 Å². The fraction of sp³-hybridized carbons (Fsp3) is 0.455. The molecule has 0 radical (unpaired) electrons. The molecule has 0 aliphatic carbocycles. The number of hydrogen-bond acceptors (Lipinski definition) is 10. The van der Waals surface area contributed by atoms with Crippen molar-refractivity contribution in [2.24, 2.45) is 0 Å². The van der Waals surface area contributed by atoms with Crippen LogP contribution < -0.4 is 27.9 Å². The van der Waals surface area contributed by atoms with Crippen molar-refractivity contribution in [3.05, 3.63) is 93.0 Å². The minimum Gasteiger partial charge on any atom is -0.736 e. The van der Waals surface area contributed by atoms with Crippen LogP contribution in [0, 0.1) is 27.7 Å². The number of unbranched alkanes of at least 4 members (excludes halogenated alkanes) is 4. The smallest absolute Gasteiger partial charge is 0.736 e. The van der Waals surface area contributed by atoms with Crippen LogP contribution >= 0.6 is 39.2 Å². The Morgan fingerprint density at radius 2 is 0.649 bits per heavy atom. The molecule has 0 N–H and O–H groups in total. The topological polar surface area (TPSA) is 117 Å². The Hall–Kier alpha value is -1.58. The molecule has 0 saturated carbocycles. The van der Waals surface area contributed by atoms with E-state index in [0.29, 0.717) is 23.0 Å². The molecule has 304 valence electrons. The Labute approximate surface area is 378 Å². The van der Waals surface area contributed by atoms with Gasteiger partial charge >= 0.3 is 53.4 Å². The molecule has 8 nitrogen and oxygen atoms in total. The van der Waals surface area contributed by atoms with Gasteiger partial charge in [0.1, 0.15) is 23.0 Å². The van der Waals surface area contributed by atoms with E-state index in [9.17, 15) is 18.9 Å². The van der Waals surface area contributed by atoms with Gasteiger partial charge in [0.05, 0.1) is 19.6 Å².